The van der Waals surface area contributed by atoms with Crippen molar-refractivity contribution < 1.29 is 24.2 Å². The van der Waals surface area contributed by atoms with Crippen molar-refractivity contribution in [2.45, 2.75) is 66.0 Å². The number of hydrogen-bond donors (Lipinski definition) is 3. The lowest BCUT2D eigenvalue weighted by Crippen LogP contribution is -2.49. The van der Waals surface area contributed by atoms with E-state index in [9.17, 15) is 19.5 Å². The summed E-state index contributed by atoms with van der Waals surface area (Å²) in [7, 11) is 0. The van der Waals surface area contributed by atoms with E-state index in [1.807, 2.05) is 30.3 Å². The van der Waals surface area contributed by atoms with Crippen LogP contribution in [0.2, 0.25) is 0 Å². The molecule has 0 aliphatic rings. The number of rotatable bonds is 8. The molecule has 0 saturated carbocycles. The summed E-state index contributed by atoms with van der Waals surface area (Å²) in [6.07, 6.45) is -0.0230. The number of benzene rings is 2. The molecule has 2 rings (SSSR count). The maximum absolute atomic E-state index is 13.1. The van der Waals surface area contributed by atoms with Crippen molar-refractivity contribution in [3.05, 3.63) is 65.2 Å². The van der Waals surface area contributed by atoms with E-state index in [-0.39, 0.29) is 23.9 Å². The van der Waals surface area contributed by atoms with Crippen molar-refractivity contribution in [2.75, 3.05) is 6.54 Å². The van der Waals surface area contributed by atoms with Gasteiger partial charge in [0.25, 0.3) is 0 Å². The van der Waals surface area contributed by atoms with E-state index in [1.165, 1.54) is 12.1 Å². The number of phenolic OH excluding ortho intramolecular Hbond substituents is 1. The first-order valence-corrected chi connectivity index (χ1v) is 11.4. The topological polar surface area (TPSA) is 105 Å². The van der Waals surface area contributed by atoms with Gasteiger partial charge < -0.3 is 20.5 Å². The van der Waals surface area contributed by atoms with Gasteiger partial charge in [0.2, 0.25) is 5.91 Å². The predicted octanol–water partition coefficient (Wildman–Crippen LogP) is 4.42. The van der Waals surface area contributed by atoms with Gasteiger partial charge in [-0.1, -0.05) is 57.2 Å². The van der Waals surface area contributed by atoms with Crippen LogP contribution in [0.5, 0.6) is 5.75 Å². The molecule has 184 valence electrons. The monoisotopic (exact) mass is 468 g/mol. The third-order valence-corrected chi connectivity index (χ3v) is 5.01. The molecule has 34 heavy (non-hydrogen) atoms. The Balaban J connectivity index is 2.24. The van der Waals surface area contributed by atoms with Gasteiger partial charge in [-0.2, -0.15) is 0 Å². The molecule has 2 amide bonds. The van der Waals surface area contributed by atoms with Crippen LogP contribution in [0, 0.1) is 5.41 Å². The Labute approximate surface area is 201 Å². The zero-order chi connectivity index (χ0) is 25.5. The minimum absolute atomic E-state index is 0.0414. The molecule has 2 aromatic rings. The Kier molecular flexibility index (Phi) is 8.85. The summed E-state index contributed by atoms with van der Waals surface area (Å²) in [5.41, 5.74) is 0.535. The summed E-state index contributed by atoms with van der Waals surface area (Å²) in [4.78, 5) is 38.5. The van der Waals surface area contributed by atoms with Crippen molar-refractivity contribution in [1.82, 2.24) is 10.6 Å². The molecule has 0 aliphatic heterocycles. The van der Waals surface area contributed by atoms with Crippen molar-refractivity contribution in [2.24, 2.45) is 5.41 Å². The van der Waals surface area contributed by atoms with Gasteiger partial charge in [0.05, 0.1) is 0 Å². The summed E-state index contributed by atoms with van der Waals surface area (Å²) in [6.45, 7) is 11.0. The molecule has 0 spiro atoms. The molecule has 0 aromatic heterocycles. The Morgan fingerprint density at radius 1 is 0.971 bits per heavy atom. The van der Waals surface area contributed by atoms with Crippen LogP contribution in [0.4, 0.5) is 4.79 Å². The summed E-state index contributed by atoms with van der Waals surface area (Å²) >= 11 is 0. The van der Waals surface area contributed by atoms with Crippen LogP contribution in [0.25, 0.3) is 0 Å². The van der Waals surface area contributed by atoms with E-state index in [0.717, 1.165) is 5.56 Å². The first kappa shape index (κ1) is 26.9. The average Bonchev–Trinajstić information content (AvgIpc) is 2.72. The number of alkyl carbamates (subject to hydrolysis) is 1. The highest BCUT2D eigenvalue weighted by Crippen LogP contribution is 2.27. The summed E-state index contributed by atoms with van der Waals surface area (Å²) in [5, 5.41) is 15.5. The Morgan fingerprint density at radius 3 is 2.21 bits per heavy atom. The molecule has 0 bridgehead atoms. The SMILES string of the molecule is CC(C)(C)OC(=O)N[C@@H](Cc1ccc(O)cc1C(=O)C(C)(C)C)C(=O)NCCc1ccccc1. The van der Waals surface area contributed by atoms with Crippen molar-refractivity contribution in [3.63, 3.8) is 0 Å². The zero-order valence-corrected chi connectivity index (χ0v) is 20.9. The van der Waals surface area contributed by atoms with Crippen LogP contribution in [0.15, 0.2) is 48.5 Å². The number of ketones is 1. The fourth-order valence-corrected chi connectivity index (χ4v) is 3.33. The molecule has 3 N–H and O–H groups in total. The van der Waals surface area contributed by atoms with Crippen molar-refractivity contribution in [3.8, 4) is 5.75 Å². The number of Topliss-reactive ketones (excluding diaryl/α,β-unsaturated/α-hetero) is 1. The van der Waals surface area contributed by atoms with Gasteiger partial charge in [0, 0.05) is 23.9 Å². The van der Waals surface area contributed by atoms with Crippen LogP contribution in [-0.4, -0.2) is 41.1 Å². The quantitative estimate of drug-likeness (QED) is 0.498. The molecular formula is C27H36N2O5. The third kappa shape index (κ3) is 8.54. The van der Waals surface area contributed by atoms with E-state index in [2.05, 4.69) is 10.6 Å². The maximum atomic E-state index is 13.1. The molecule has 0 heterocycles. The Bertz CT molecular complexity index is 1000. The minimum atomic E-state index is -0.971. The Hall–Kier alpha value is -3.35. The molecule has 7 heteroatoms. The van der Waals surface area contributed by atoms with Crippen LogP contribution in [0.3, 0.4) is 0 Å². The second-order valence-electron chi connectivity index (χ2n) is 10.4. The number of aromatic hydroxyl groups is 1. The highest BCUT2D eigenvalue weighted by molar-refractivity contribution is 6.01. The smallest absolute Gasteiger partial charge is 0.408 e. The second kappa shape index (κ2) is 11.2. The normalized spacial score (nSPS) is 12.5. The second-order valence-corrected chi connectivity index (χ2v) is 10.4. The summed E-state index contributed by atoms with van der Waals surface area (Å²) in [6, 6.07) is 13.2. The van der Waals surface area contributed by atoms with Crippen molar-refractivity contribution in [1.29, 1.82) is 0 Å². The number of carbonyl (C=O) groups is 3. The predicted molar refractivity (Wildman–Crippen MR) is 132 cm³/mol. The number of ether oxygens (including phenoxy) is 1. The minimum Gasteiger partial charge on any atom is -0.508 e. The highest BCUT2D eigenvalue weighted by atomic mass is 16.6. The first-order valence-electron chi connectivity index (χ1n) is 11.4. The molecule has 0 saturated heterocycles. The first-order chi connectivity index (χ1) is 15.8. The van der Waals surface area contributed by atoms with E-state index < -0.39 is 23.2 Å². The maximum Gasteiger partial charge on any atom is 0.408 e. The van der Waals surface area contributed by atoms with E-state index in [1.54, 1.807) is 47.6 Å². The van der Waals surface area contributed by atoms with E-state index in [0.29, 0.717) is 24.1 Å². The van der Waals surface area contributed by atoms with Crippen LogP contribution >= 0.6 is 0 Å². The number of carbonyl (C=O) groups excluding carboxylic acids is 3. The number of hydrogen-bond acceptors (Lipinski definition) is 5. The molecular weight excluding hydrogens is 432 g/mol. The number of phenols is 1. The van der Waals surface area contributed by atoms with Gasteiger partial charge in [-0.15, -0.1) is 0 Å². The Morgan fingerprint density at radius 2 is 1.62 bits per heavy atom. The van der Waals surface area contributed by atoms with E-state index in [4.69, 9.17) is 4.74 Å². The molecule has 0 aliphatic carbocycles. The summed E-state index contributed by atoms with van der Waals surface area (Å²) in [5.74, 6) is -0.594. The van der Waals surface area contributed by atoms with Gasteiger partial charge in [0.1, 0.15) is 17.4 Å². The van der Waals surface area contributed by atoms with Crippen LogP contribution in [0.1, 0.15) is 63.0 Å². The molecule has 0 radical (unpaired) electrons. The molecule has 0 unspecified atom stereocenters. The van der Waals surface area contributed by atoms with Gasteiger partial charge in [-0.05, 0) is 50.5 Å². The number of nitrogens with one attached hydrogen (secondary N) is 2. The lowest BCUT2D eigenvalue weighted by Gasteiger charge is -2.25. The molecule has 1 atom stereocenters. The van der Waals surface area contributed by atoms with E-state index >= 15 is 0 Å². The largest absolute Gasteiger partial charge is 0.508 e. The lowest BCUT2D eigenvalue weighted by molar-refractivity contribution is -0.123. The third-order valence-electron chi connectivity index (χ3n) is 5.01. The lowest BCUT2D eigenvalue weighted by atomic mass is 9.83. The van der Waals surface area contributed by atoms with Gasteiger partial charge in [0.15, 0.2) is 5.78 Å². The molecule has 0 fully saturated rings. The van der Waals surface area contributed by atoms with Crippen LogP contribution < -0.4 is 10.6 Å². The van der Waals surface area contributed by atoms with Crippen LogP contribution in [-0.2, 0) is 22.4 Å². The zero-order valence-electron chi connectivity index (χ0n) is 20.9. The molecule has 2 aromatic carbocycles. The van der Waals surface area contributed by atoms with Gasteiger partial charge >= 0.3 is 6.09 Å². The van der Waals surface area contributed by atoms with Gasteiger partial charge in [-0.25, -0.2) is 4.79 Å². The fourth-order valence-electron chi connectivity index (χ4n) is 3.33. The molecule has 7 nitrogen and oxygen atoms in total. The number of amides is 2. The fraction of sp³-hybridized carbons (Fsp3) is 0.444. The van der Waals surface area contributed by atoms with Crippen molar-refractivity contribution >= 4 is 17.8 Å². The highest BCUT2D eigenvalue weighted by Gasteiger charge is 2.29. The standard InChI is InChI=1S/C27H36N2O5/c1-26(2,3)23(31)21-17-20(30)13-12-19(21)16-22(29-25(33)34-27(4,5)6)24(32)28-15-14-18-10-8-7-9-11-18/h7-13,17,22,30H,14-16H2,1-6H3,(H,28,32)(H,29,33)/t22-/m0/s1. The summed E-state index contributed by atoms with van der Waals surface area (Å²) < 4.78 is 5.34. The average molecular weight is 469 g/mol. The van der Waals surface area contributed by atoms with Gasteiger partial charge in [-0.3, -0.25) is 9.59 Å².